The van der Waals surface area contributed by atoms with Crippen LogP contribution in [0.2, 0.25) is 0 Å². The molecular formula is C22H19F4N5O. The Morgan fingerprint density at radius 3 is 2.44 bits per heavy atom. The molecule has 10 heteroatoms. The van der Waals surface area contributed by atoms with E-state index in [1.807, 2.05) is 0 Å². The molecule has 4 rings (SSSR count). The Hall–Kier alpha value is -3.43. The van der Waals surface area contributed by atoms with Crippen LogP contribution in [0.4, 0.5) is 17.6 Å². The lowest BCUT2D eigenvalue weighted by atomic mass is 9.87. The zero-order valence-electron chi connectivity index (χ0n) is 16.9. The number of hydrogen-bond donors (Lipinski definition) is 0. The van der Waals surface area contributed by atoms with E-state index in [1.54, 1.807) is 35.5 Å². The lowest BCUT2D eigenvalue weighted by Crippen LogP contribution is -2.45. The summed E-state index contributed by atoms with van der Waals surface area (Å²) in [5.74, 6) is -0.273. The Balaban J connectivity index is 1.43. The average Bonchev–Trinajstić information content (AvgIpc) is 2.79. The maximum Gasteiger partial charge on any atom is 0.433 e. The number of pyridine rings is 2. The largest absolute Gasteiger partial charge is 0.433 e. The number of carbonyl (C=O) groups excluding carboxylic acids is 1. The first kappa shape index (κ1) is 21.8. The number of rotatable bonds is 4. The number of likely N-dealkylation sites (tertiary alicyclic amines) is 1. The third-order valence-electron chi connectivity index (χ3n) is 5.45. The summed E-state index contributed by atoms with van der Waals surface area (Å²) < 4.78 is 53.3. The summed E-state index contributed by atoms with van der Waals surface area (Å²) in [6.07, 6.45) is 1.10. The normalized spacial score (nSPS) is 16.1. The lowest BCUT2D eigenvalue weighted by Gasteiger charge is -2.36. The van der Waals surface area contributed by atoms with Gasteiger partial charge in [-0.2, -0.15) is 13.2 Å². The Labute approximate surface area is 181 Å². The summed E-state index contributed by atoms with van der Waals surface area (Å²) in [5.41, 5.74) is -0.945. The SMILES string of the molecule is O=C(c1cccnc1-c1ccncn1)N1CCC(F)(Cc2ccc(C(F)(F)F)nc2)CC1. The number of halogens is 4. The van der Waals surface area contributed by atoms with E-state index in [1.165, 1.54) is 12.4 Å². The molecule has 0 spiro atoms. The van der Waals surface area contributed by atoms with Crippen molar-refractivity contribution in [2.45, 2.75) is 31.1 Å². The Kier molecular flexibility index (Phi) is 5.86. The highest BCUT2D eigenvalue weighted by molar-refractivity contribution is 5.99. The van der Waals surface area contributed by atoms with Crippen molar-refractivity contribution in [1.29, 1.82) is 0 Å². The van der Waals surface area contributed by atoms with Crippen molar-refractivity contribution in [1.82, 2.24) is 24.8 Å². The summed E-state index contributed by atoms with van der Waals surface area (Å²) >= 11 is 0. The van der Waals surface area contributed by atoms with Crippen LogP contribution in [0.5, 0.6) is 0 Å². The fourth-order valence-corrected chi connectivity index (χ4v) is 3.73. The predicted octanol–water partition coefficient (Wildman–Crippen LogP) is 4.14. The van der Waals surface area contributed by atoms with Crippen molar-refractivity contribution in [3.63, 3.8) is 0 Å². The fourth-order valence-electron chi connectivity index (χ4n) is 3.73. The minimum Gasteiger partial charge on any atom is -0.338 e. The zero-order valence-corrected chi connectivity index (χ0v) is 16.9. The molecule has 3 aromatic rings. The lowest BCUT2D eigenvalue weighted by molar-refractivity contribution is -0.141. The first-order valence-electron chi connectivity index (χ1n) is 9.97. The quantitative estimate of drug-likeness (QED) is 0.565. The number of hydrogen-bond acceptors (Lipinski definition) is 5. The molecule has 0 bridgehead atoms. The molecule has 0 N–H and O–H groups in total. The number of alkyl halides is 4. The highest BCUT2D eigenvalue weighted by Gasteiger charge is 2.37. The van der Waals surface area contributed by atoms with E-state index in [9.17, 15) is 18.0 Å². The first-order valence-corrected chi connectivity index (χ1v) is 9.97. The summed E-state index contributed by atoms with van der Waals surface area (Å²) in [5, 5.41) is 0. The molecule has 0 radical (unpaired) electrons. The highest BCUT2D eigenvalue weighted by Crippen LogP contribution is 2.33. The number of nitrogens with zero attached hydrogens (tertiary/aromatic N) is 5. The van der Waals surface area contributed by atoms with Crippen LogP contribution >= 0.6 is 0 Å². The van der Waals surface area contributed by atoms with E-state index >= 15 is 4.39 Å². The van der Waals surface area contributed by atoms with Crippen molar-refractivity contribution >= 4 is 5.91 Å². The van der Waals surface area contributed by atoms with E-state index < -0.39 is 17.5 Å². The van der Waals surface area contributed by atoms with Crippen LogP contribution in [0.15, 0.2) is 55.2 Å². The van der Waals surface area contributed by atoms with Gasteiger partial charge in [0.2, 0.25) is 0 Å². The van der Waals surface area contributed by atoms with Gasteiger partial charge in [-0.05, 0) is 42.7 Å². The Bertz CT molecular complexity index is 1080. The average molecular weight is 445 g/mol. The number of amides is 1. The maximum atomic E-state index is 15.4. The molecule has 1 aliphatic heterocycles. The molecule has 0 aliphatic carbocycles. The van der Waals surface area contributed by atoms with Crippen LogP contribution in [0.1, 0.15) is 34.5 Å². The van der Waals surface area contributed by atoms with Gasteiger partial charge in [0.1, 0.15) is 23.4 Å². The Morgan fingerprint density at radius 2 is 1.81 bits per heavy atom. The van der Waals surface area contributed by atoms with Crippen molar-refractivity contribution in [3.8, 4) is 11.4 Å². The number of carbonyl (C=O) groups is 1. The van der Waals surface area contributed by atoms with Gasteiger partial charge in [-0.1, -0.05) is 6.07 Å². The van der Waals surface area contributed by atoms with Crippen LogP contribution in [0, 0.1) is 0 Å². The second kappa shape index (κ2) is 8.60. The van der Waals surface area contributed by atoms with Crippen LogP contribution in [0.3, 0.4) is 0 Å². The second-order valence-electron chi connectivity index (χ2n) is 7.66. The molecule has 166 valence electrons. The highest BCUT2D eigenvalue weighted by atomic mass is 19.4. The minimum atomic E-state index is -4.53. The van der Waals surface area contributed by atoms with Crippen molar-refractivity contribution in [2.24, 2.45) is 0 Å². The predicted molar refractivity (Wildman–Crippen MR) is 107 cm³/mol. The molecule has 3 aromatic heterocycles. The van der Waals surface area contributed by atoms with Crippen LogP contribution in [-0.2, 0) is 12.6 Å². The van der Waals surface area contributed by atoms with E-state index in [2.05, 4.69) is 19.9 Å². The molecular weight excluding hydrogens is 426 g/mol. The van der Waals surface area contributed by atoms with Crippen LogP contribution < -0.4 is 0 Å². The van der Waals surface area contributed by atoms with Gasteiger partial charge in [-0.15, -0.1) is 0 Å². The minimum absolute atomic E-state index is 0.0563. The third-order valence-corrected chi connectivity index (χ3v) is 5.45. The molecule has 0 saturated carbocycles. The standard InChI is InChI=1S/C22H19F4N5O/c23-21(12-15-3-4-18(29-13-15)22(24,25)26)6-10-31(11-7-21)20(32)16-2-1-8-28-19(16)17-5-9-27-14-30-17/h1-5,8-9,13-14H,6-7,10-12H2. The molecule has 0 aromatic carbocycles. The fraction of sp³-hybridized carbons (Fsp3) is 0.318. The summed E-state index contributed by atoms with van der Waals surface area (Å²) in [4.78, 5) is 30.3. The monoisotopic (exact) mass is 445 g/mol. The second-order valence-corrected chi connectivity index (χ2v) is 7.66. The van der Waals surface area contributed by atoms with Gasteiger partial charge in [0.25, 0.3) is 5.91 Å². The topological polar surface area (TPSA) is 71.9 Å². The van der Waals surface area contributed by atoms with Gasteiger partial charge in [-0.3, -0.25) is 14.8 Å². The number of aromatic nitrogens is 4. The summed E-state index contributed by atoms with van der Waals surface area (Å²) in [7, 11) is 0. The van der Waals surface area contributed by atoms with E-state index in [-0.39, 0.29) is 38.3 Å². The van der Waals surface area contributed by atoms with E-state index in [4.69, 9.17) is 0 Å². The molecule has 1 saturated heterocycles. The first-order chi connectivity index (χ1) is 15.3. The Morgan fingerprint density at radius 1 is 1.03 bits per heavy atom. The van der Waals surface area contributed by atoms with Crippen LogP contribution in [-0.4, -0.2) is 49.5 Å². The van der Waals surface area contributed by atoms with Gasteiger partial charge in [0, 0.05) is 38.1 Å². The summed E-state index contributed by atoms with van der Waals surface area (Å²) in [6, 6.07) is 7.06. The smallest absolute Gasteiger partial charge is 0.338 e. The molecule has 1 amide bonds. The van der Waals surface area contributed by atoms with E-state index in [0.29, 0.717) is 22.5 Å². The van der Waals surface area contributed by atoms with Crippen molar-refractivity contribution in [2.75, 3.05) is 13.1 Å². The zero-order chi connectivity index (χ0) is 22.8. The third kappa shape index (κ3) is 4.74. The van der Waals surface area contributed by atoms with Gasteiger partial charge in [0.05, 0.1) is 11.3 Å². The molecule has 0 unspecified atom stereocenters. The summed E-state index contributed by atoms with van der Waals surface area (Å²) in [6.45, 7) is 0.364. The molecule has 6 nitrogen and oxygen atoms in total. The van der Waals surface area contributed by atoms with E-state index in [0.717, 1.165) is 12.3 Å². The molecule has 1 fully saturated rings. The molecule has 4 heterocycles. The van der Waals surface area contributed by atoms with Crippen molar-refractivity contribution < 1.29 is 22.4 Å². The van der Waals surface area contributed by atoms with Gasteiger partial charge < -0.3 is 4.90 Å². The van der Waals surface area contributed by atoms with Gasteiger partial charge >= 0.3 is 6.18 Å². The molecule has 32 heavy (non-hydrogen) atoms. The van der Waals surface area contributed by atoms with Crippen LogP contribution in [0.25, 0.3) is 11.4 Å². The molecule has 1 aliphatic rings. The number of piperidine rings is 1. The molecule has 0 atom stereocenters. The van der Waals surface area contributed by atoms with Crippen molar-refractivity contribution in [3.05, 3.63) is 72.1 Å². The van der Waals surface area contributed by atoms with Gasteiger partial charge in [-0.25, -0.2) is 14.4 Å². The maximum absolute atomic E-state index is 15.4. The van der Waals surface area contributed by atoms with Gasteiger partial charge in [0.15, 0.2) is 0 Å².